The second-order valence-electron chi connectivity index (χ2n) is 6.86. The average Bonchev–Trinajstić information content (AvgIpc) is 3.17. The Balaban J connectivity index is 2.08. The number of benzene rings is 1. The summed E-state index contributed by atoms with van der Waals surface area (Å²) in [6.45, 7) is 10.6. The molecule has 0 unspecified atom stereocenters. The van der Waals surface area contributed by atoms with Crippen LogP contribution in [0.25, 0.3) is 0 Å². The van der Waals surface area contributed by atoms with E-state index in [9.17, 15) is 5.11 Å². The summed E-state index contributed by atoms with van der Waals surface area (Å²) in [7, 11) is 0. The van der Waals surface area contributed by atoms with Gasteiger partial charge in [-0.15, -0.1) is 0 Å². The third-order valence-corrected chi connectivity index (χ3v) is 3.80. The molecule has 20 heavy (non-hydrogen) atoms. The van der Waals surface area contributed by atoms with Gasteiger partial charge in [0.15, 0.2) is 0 Å². The number of rotatable bonds is 6. The Bertz CT molecular complexity index is 447. The molecule has 2 rings (SSSR count). The third kappa shape index (κ3) is 4.22. The molecule has 0 atom stereocenters. The Morgan fingerprint density at radius 1 is 1.30 bits per heavy atom. The van der Waals surface area contributed by atoms with Gasteiger partial charge in [-0.05, 0) is 63.8 Å². The molecule has 1 saturated carbocycles. The molecule has 0 bridgehead atoms. The van der Waals surface area contributed by atoms with Crippen molar-refractivity contribution in [2.24, 2.45) is 0 Å². The summed E-state index contributed by atoms with van der Waals surface area (Å²) in [5.41, 5.74) is 4.06. The van der Waals surface area contributed by atoms with Crippen molar-refractivity contribution in [2.45, 2.75) is 58.7 Å². The third-order valence-electron chi connectivity index (χ3n) is 3.80. The monoisotopic (exact) mass is 276 g/mol. The molecule has 1 aromatic carbocycles. The van der Waals surface area contributed by atoms with Gasteiger partial charge in [-0.1, -0.05) is 6.07 Å². The minimum absolute atomic E-state index is 0.141. The van der Waals surface area contributed by atoms with Gasteiger partial charge in [0.1, 0.15) is 0 Å². The number of aliphatic hydroxyl groups is 1. The zero-order valence-electron chi connectivity index (χ0n) is 13.2. The highest BCUT2D eigenvalue weighted by Gasteiger charge is 2.28. The fourth-order valence-electron chi connectivity index (χ4n) is 2.43. The van der Waals surface area contributed by atoms with Gasteiger partial charge >= 0.3 is 0 Å². The second kappa shape index (κ2) is 6.15. The van der Waals surface area contributed by atoms with E-state index in [1.807, 2.05) is 0 Å². The van der Waals surface area contributed by atoms with Crippen molar-refractivity contribution < 1.29 is 5.11 Å². The molecule has 0 aromatic heterocycles. The van der Waals surface area contributed by atoms with Crippen LogP contribution in [0.3, 0.4) is 0 Å². The maximum absolute atomic E-state index is 9.22. The number of anilines is 1. The van der Waals surface area contributed by atoms with Gasteiger partial charge in [-0.25, -0.2) is 0 Å². The molecular formula is C17H28N2O. The average molecular weight is 276 g/mol. The van der Waals surface area contributed by atoms with Crippen LogP contribution in [0.2, 0.25) is 0 Å². The summed E-state index contributed by atoms with van der Waals surface area (Å²) >= 11 is 0. The van der Waals surface area contributed by atoms with Crippen molar-refractivity contribution in [3.05, 3.63) is 29.3 Å². The Morgan fingerprint density at radius 3 is 2.50 bits per heavy atom. The lowest BCUT2D eigenvalue weighted by Crippen LogP contribution is -2.35. The van der Waals surface area contributed by atoms with Gasteiger partial charge in [-0.2, -0.15) is 0 Å². The predicted octanol–water partition coefficient (Wildman–Crippen LogP) is 2.84. The largest absolute Gasteiger partial charge is 0.395 e. The fourth-order valence-corrected chi connectivity index (χ4v) is 2.43. The quantitative estimate of drug-likeness (QED) is 0.838. The lowest BCUT2D eigenvalue weighted by atomic mass is 10.0. The van der Waals surface area contributed by atoms with Crippen LogP contribution in [0.1, 0.15) is 44.7 Å². The zero-order valence-corrected chi connectivity index (χ0v) is 13.2. The molecule has 0 amide bonds. The van der Waals surface area contributed by atoms with E-state index in [4.69, 9.17) is 0 Å². The lowest BCUT2D eigenvalue weighted by molar-refractivity contribution is 0.301. The van der Waals surface area contributed by atoms with E-state index in [-0.39, 0.29) is 12.1 Å². The SMILES string of the molecule is Cc1cc(N(CCO)C2CC2)ccc1CNC(C)(C)C. The van der Waals surface area contributed by atoms with Crippen molar-refractivity contribution in [1.82, 2.24) is 5.32 Å². The highest BCUT2D eigenvalue weighted by atomic mass is 16.3. The summed E-state index contributed by atoms with van der Waals surface area (Å²) in [6.07, 6.45) is 2.51. The van der Waals surface area contributed by atoms with Crippen LogP contribution in [0, 0.1) is 6.92 Å². The first kappa shape index (κ1) is 15.3. The summed E-state index contributed by atoms with van der Waals surface area (Å²) in [6, 6.07) is 7.31. The molecule has 1 aromatic rings. The fraction of sp³-hybridized carbons (Fsp3) is 0.647. The standard InChI is InChI=1S/C17H28N2O/c1-13-11-16(19(9-10-20)15-7-8-15)6-5-14(13)12-18-17(2,3)4/h5-6,11,15,18,20H,7-10,12H2,1-4H3. The van der Waals surface area contributed by atoms with Crippen molar-refractivity contribution in [2.75, 3.05) is 18.1 Å². The number of nitrogens with zero attached hydrogens (tertiary/aromatic N) is 1. The lowest BCUT2D eigenvalue weighted by Gasteiger charge is -2.25. The molecule has 0 spiro atoms. The summed E-state index contributed by atoms with van der Waals surface area (Å²) in [4.78, 5) is 2.34. The van der Waals surface area contributed by atoms with E-state index in [2.05, 4.69) is 56.1 Å². The van der Waals surface area contributed by atoms with E-state index in [0.717, 1.165) is 13.1 Å². The number of hydrogen-bond acceptors (Lipinski definition) is 3. The van der Waals surface area contributed by atoms with Crippen molar-refractivity contribution in [1.29, 1.82) is 0 Å². The minimum atomic E-state index is 0.141. The van der Waals surface area contributed by atoms with Crippen LogP contribution in [-0.4, -0.2) is 29.8 Å². The Kier molecular flexibility index (Phi) is 4.71. The molecule has 0 heterocycles. The smallest absolute Gasteiger partial charge is 0.0606 e. The van der Waals surface area contributed by atoms with Crippen LogP contribution in [0.4, 0.5) is 5.69 Å². The van der Waals surface area contributed by atoms with Gasteiger partial charge in [0.05, 0.1) is 6.61 Å². The molecule has 3 heteroatoms. The molecule has 0 saturated heterocycles. The Labute approximate surface area is 123 Å². The van der Waals surface area contributed by atoms with Crippen molar-refractivity contribution >= 4 is 5.69 Å². The molecule has 1 aliphatic rings. The van der Waals surface area contributed by atoms with E-state index in [0.29, 0.717) is 6.04 Å². The van der Waals surface area contributed by atoms with Gasteiger partial charge in [0.2, 0.25) is 0 Å². The highest BCUT2D eigenvalue weighted by Crippen LogP contribution is 2.32. The molecular weight excluding hydrogens is 248 g/mol. The van der Waals surface area contributed by atoms with Crippen molar-refractivity contribution in [3.8, 4) is 0 Å². The van der Waals surface area contributed by atoms with Gasteiger partial charge in [0, 0.05) is 30.4 Å². The van der Waals surface area contributed by atoms with Gasteiger partial charge in [-0.3, -0.25) is 0 Å². The van der Waals surface area contributed by atoms with Crippen LogP contribution in [0.5, 0.6) is 0 Å². The molecule has 112 valence electrons. The Hall–Kier alpha value is -1.06. The van der Waals surface area contributed by atoms with Gasteiger partial charge in [0.25, 0.3) is 0 Å². The van der Waals surface area contributed by atoms with Crippen LogP contribution >= 0.6 is 0 Å². The molecule has 1 aliphatic carbocycles. The highest BCUT2D eigenvalue weighted by molar-refractivity contribution is 5.52. The first-order valence-corrected chi connectivity index (χ1v) is 7.63. The number of hydrogen-bond donors (Lipinski definition) is 2. The maximum Gasteiger partial charge on any atom is 0.0606 e. The Morgan fingerprint density at radius 2 is 2.00 bits per heavy atom. The maximum atomic E-state index is 9.22. The topological polar surface area (TPSA) is 35.5 Å². The number of nitrogens with one attached hydrogen (secondary N) is 1. The summed E-state index contributed by atoms with van der Waals surface area (Å²) in [5.74, 6) is 0. The summed E-state index contributed by atoms with van der Waals surface area (Å²) < 4.78 is 0. The van der Waals surface area contributed by atoms with E-state index < -0.39 is 0 Å². The van der Waals surface area contributed by atoms with E-state index >= 15 is 0 Å². The van der Waals surface area contributed by atoms with Crippen LogP contribution in [-0.2, 0) is 6.54 Å². The molecule has 2 N–H and O–H groups in total. The first-order valence-electron chi connectivity index (χ1n) is 7.63. The minimum Gasteiger partial charge on any atom is -0.395 e. The molecule has 0 aliphatic heterocycles. The number of aryl methyl sites for hydroxylation is 1. The normalized spacial score (nSPS) is 15.4. The zero-order chi connectivity index (χ0) is 14.8. The first-order chi connectivity index (χ1) is 9.40. The van der Waals surface area contributed by atoms with Crippen molar-refractivity contribution in [3.63, 3.8) is 0 Å². The van der Waals surface area contributed by atoms with E-state index in [1.165, 1.54) is 29.7 Å². The number of aliphatic hydroxyl groups excluding tert-OH is 1. The van der Waals surface area contributed by atoms with Gasteiger partial charge < -0.3 is 15.3 Å². The molecule has 1 fully saturated rings. The summed E-state index contributed by atoms with van der Waals surface area (Å²) in [5, 5.41) is 12.8. The van der Waals surface area contributed by atoms with E-state index in [1.54, 1.807) is 0 Å². The van der Waals surface area contributed by atoms with Crippen LogP contribution in [0.15, 0.2) is 18.2 Å². The molecule has 3 nitrogen and oxygen atoms in total. The molecule has 0 radical (unpaired) electrons. The second-order valence-corrected chi connectivity index (χ2v) is 6.86. The van der Waals surface area contributed by atoms with Crippen LogP contribution < -0.4 is 10.2 Å². The predicted molar refractivity (Wildman–Crippen MR) is 85.2 cm³/mol.